The molecule has 0 aliphatic carbocycles. The van der Waals surface area contributed by atoms with E-state index < -0.39 is 0 Å². The maximum atomic E-state index is 12.4. The molecule has 0 unspecified atom stereocenters. The molecule has 1 amide bonds. The van der Waals surface area contributed by atoms with Gasteiger partial charge in [0.25, 0.3) is 0 Å². The Balaban J connectivity index is 1.84. The van der Waals surface area contributed by atoms with Crippen LogP contribution in [0, 0.1) is 0 Å². The molecule has 110 valence electrons. The Morgan fingerprint density at radius 3 is 2.75 bits per heavy atom. The first kappa shape index (κ1) is 15.0. The van der Waals surface area contributed by atoms with Crippen molar-refractivity contribution in [2.45, 2.75) is 38.4 Å². The van der Waals surface area contributed by atoms with Gasteiger partial charge in [0.1, 0.15) is 0 Å². The van der Waals surface area contributed by atoms with E-state index in [1.54, 1.807) is 0 Å². The fraction of sp³-hybridized carbons (Fsp3) is 0.562. The number of likely N-dealkylation sites (N-methyl/N-ethyl adjacent to an activating group) is 1. The van der Waals surface area contributed by atoms with Crippen LogP contribution in [0.25, 0.3) is 0 Å². The van der Waals surface area contributed by atoms with Crippen molar-refractivity contribution in [2.24, 2.45) is 5.73 Å². The van der Waals surface area contributed by atoms with Crippen LogP contribution in [0.3, 0.4) is 0 Å². The molecule has 0 saturated carbocycles. The Labute approximate surface area is 121 Å². The molecule has 1 aromatic carbocycles. The van der Waals surface area contributed by atoms with E-state index in [2.05, 4.69) is 24.0 Å². The van der Waals surface area contributed by atoms with Crippen LogP contribution in [0.2, 0.25) is 0 Å². The fourth-order valence-electron chi connectivity index (χ4n) is 2.85. The van der Waals surface area contributed by atoms with Crippen molar-refractivity contribution in [1.82, 2.24) is 9.80 Å². The summed E-state index contributed by atoms with van der Waals surface area (Å²) in [5, 5.41) is 0. The minimum absolute atomic E-state index is 0.211. The molecule has 1 fully saturated rings. The summed E-state index contributed by atoms with van der Waals surface area (Å²) in [6, 6.07) is 10.7. The van der Waals surface area contributed by atoms with Crippen LogP contribution >= 0.6 is 0 Å². The number of rotatable bonds is 4. The molecule has 1 heterocycles. The molecular weight excluding hydrogens is 250 g/mol. The van der Waals surface area contributed by atoms with Crippen molar-refractivity contribution in [1.29, 1.82) is 0 Å². The third kappa shape index (κ3) is 4.05. The van der Waals surface area contributed by atoms with E-state index in [4.69, 9.17) is 5.73 Å². The lowest BCUT2D eigenvalue weighted by Crippen LogP contribution is -2.50. The van der Waals surface area contributed by atoms with E-state index in [1.807, 2.05) is 30.1 Å². The molecule has 2 atom stereocenters. The number of piperidine rings is 1. The van der Waals surface area contributed by atoms with Crippen LogP contribution in [0.15, 0.2) is 30.3 Å². The third-order valence-electron chi connectivity index (χ3n) is 3.94. The first-order valence-corrected chi connectivity index (χ1v) is 7.34. The molecule has 2 N–H and O–H groups in total. The van der Waals surface area contributed by atoms with E-state index in [0.29, 0.717) is 6.54 Å². The van der Waals surface area contributed by atoms with Gasteiger partial charge in [-0.1, -0.05) is 30.3 Å². The van der Waals surface area contributed by atoms with Crippen molar-refractivity contribution in [2.75, 3.05) is 20.1 Å². The number of likely N-dealkylation sites (tertiary alicyclic amines) is 1. The summed E-state index contributed by atoms with van der Waals surface area (Å²) in [6.07, 6.45) is 1.83. The van der Waals surface area contributed by atoms with Crippen molar-refractivity contribution in [3.8, 4) is 0 Å². The zero-order chi connectivity index (χ0) is 14.5. The standard InChI is InChI=1S/C16H25N3O/c1-13-10-15(17)8-9-19(13)16(20)12-18(2)11-14-6-4-3-5-7-14/h3-7,13,15H,8-12,17H2,1-2H3/t13-,15+/m1/s1. The SMILES string of the molecule is C[C@@H]1C[C@@H](N)CCN1C(=O)CN(C)Cc1ccccc1. The van der Waals surface area contributed by atoms with Gasteiger partial charge in [-0.25, -0.2) is 0 Å². The average Bonchev–Trinajstić information content (AvgIpc) is 2.39. The largest absolute Gasteiger partial charge is 0.339 e. The van der Waals surface area contributed by atoms with Crippen molar-refractivity contribution >= 4 is 5.91 Å². The number of carbonyl (C=O) groups excluding carboxylic acids is 1. The summed E-state index contributed by atoms with van der Waals surface area (Å²) in [6.45, 7) is 4.15. The molecule has 0 aromatic heterocycles. The summed E-state index contributed by atoms with van der Waals surface area (Å²) >= 11 is 0. The molecule has 1 aromatic rings. The Hall–Kier alpha value is -1.39. The highest BCUT2D eigenvalue weighted by atomic mass is 16.2. The van der Waals surface area contributed by atoms with Gasteiger partial charge >= 0.3 is 0 Å². The summed E-state index contributed by atoms with van der Waals surface area (Å²) in [5.74, 6) is 0.211. The quantitative estimate of drug-likeness (QED) is 0.905. The summed E-state index contributed by atoms with van der Waals surface area (Å²) in [7, 11) is 1.99. The molecule has 1 aliphatic rings. The number of hydrogen-bond donors (Lipinski definition) is 1. The van der Waals surface area contributed by atoms with E-state index in [-0.39, 0.29) is 18.0 Å². The van der Waals surface area contributed by atoms with E-state index in [9.17, 15) is 4.79 Å². The molecule has 4 heteroatoms. The molecule has 0 spiro atoms. The highest BCUT2D eigenvalue weighted by Crippen LogP contribution is 2.16. The second-order valence-electron chi connectivity index (χ2n) is 5.88. The second kappa shape index (κ2) is 6.86. The lowest BCUT2D eigenvalue weighted by molar-refractivity contribution is -0.135. The molecule has 1 saturated heterocycles. The van der Waals surface area contributed by atoms with Gasteiger partial charge in [0, 0.05) is 25.2 Å². The fourth-order valence-corrected chi connectivity index (χ4v) is 2.85. The maximum Gasteiger partial charge on any atom is 0.236 e. The predicted octanol–water partition coefficient (Wildman–Crippen LogP) is 1.46. The molecule has 4 nitrogen and oxygen atoms in total. The second-order valence-corrected chi connectivity index (χ2v) is 5.88. The molecule has 0 radical (unpaired) electrons. The van der Waals surface area contributed by atoms with Gasteiger partial charge in [0.05, 0.1) is 6.54 Å². The molecule has 20 heavy (non-hydrogen) atoms. The number of benzene rings is 1. The zero-order valence-electron chi connectivity index (χ0n) is 12.5. The number of nitrogens with two attached hydrogens (primary N) is 1. The highest BCUT2D eigenvalue weighted by Gasteiger charge is 2.27. The Morgan fingerprint density at radius 2 is 2.10 bits per heavy atom. The van der Waals surface area contributed by atoms with Crippen LogP contribution < -0.4 is 5.73 Å². The van der Waals surface area contributed by atoms with Gasteiger partial charge in [0.15, 0.2) is 0 Å². The minimum Gasteiger partial charge on any atom is -0.339 e. The Kier molecular flexibility index (Phi) is 5.15. The van der Waals surface area contributed by atoms with E-state index in [0.717, 1.165) is 25.9 Å². The first-order valence-electron chi connectivity index (χ1n) is 7.34. The van der Waals surface area contributed by atoms with Crippen LogP contribution in [0.5, 0.6) is 0 Å². The first-order chi connectivity index (χ1) is 9.56. The van der Waals surface area contributed by atoms with Crippen LogP contribution in [-0.2, 0) is 11.3 Å². The number of hydrogen-bond acceptors (Lipinski definition) is 3. The average molecular weight is 275 g/mol. The van der Waals surface area contributed by atoms with Crippen LogP contribution in [0.1, 0.15) is 25.3 Å². The minimum atomic E-state index is 0.211. The lowest BCUT2D eigenvalue weighted by atomic mass is 9.99. The van der Waals surface area contributed by atoms with E-state index >= 15 is 0 Å². The van der Waals surface area contributed by atoms with Crippen molar-refractivity contribution in [3.63, 3.8) is 0 Å². The molecular formula is C16H25N3O. The Bertz CT molecular complexity index is 435. The van der Waals surface area contributed by atoms with Crippen LogP contribution in [-0.4, -0.2) is 47.9 Å². The molecule has 0 bridgehead atoms. The van der Waals surface area contributed by atoms with Gasteiger partial charge in [-0.15, -0.1) is 0 Å². The third-order valence-corrected chi connectivity index (χ3v) is 3.94. The monoisotopic (exact) mass is 275 g/mol. The molecule has 2 rings (SSSR count). The zero-order valence-corrected chi connectivity index (χ0v) is 12.5. The highest BCUT2D eigenvalue weighted by molar-refractivity contribution is 5.78. The van der Waals surface area contributed by atoms with Gasteiger partial charge < -0.3 is 10.6 Å². The summed E-state index contributed by atoms with van der Waals surface area (Å²) in [4.78, 5) is 16.4. The summed E-state index contributed by atoms with van der Waals surface area (Å²) in [5.41, 5.74) is 7.18. The number of carbonyl (C=O) groups is 1. The predicted molar refractivity (Wildman–Crippen MR) is 81.2 cm³/mol. The van der Waals surface area contributed by atoms with Gasteiger partial charge in [-0.3, -0.25) is 9.69 Å². The van der Waals surface area contributed by atoms with E-state index in [1.165, 1.54) is 5.56 Å². The summed E-state index contributed by atoms with van der Waals surface area (Å²) < 4.78 is 0. The number of amides is 1. The van der Waals surface area contributed by atoms with Gasteiger partial charge in [-0.05, 0) is 32.4 Å². The van der Waals surface area contributed by atoms with Crippen molar-refractivity contribution in [3.05, 3.63) is 35.9 Å². The number of nitrogens with zero attached hydrogens (tertiary/aromatic N) is 2. The topological polar surface area (TPSA) is 49.6 Å². The lowest BCUT2D eigenvalue weighted by Gasteiger charge is -2.37. The van der Waals surface area contributed by atoms with Gasteiger partial charge in [-0.2, -0.15) is 0 Å². The van der Waals surface area contributed by atoms with Gasteiger partial charge in [0.2, 0.25) is 5.91 Å². The Morgan fingerprint density at radius 1 is 1.40 bits per heavy atom. The normalized spacial score (nSPS) is 23.1. The van der Waals surface area contributed by atoms with Crippen LogP contribution in [0.4, 0.5) is 0 Å². The maximum absolute atomic E-state index is 12.4. The van der Waals surface area contributed by atoms with Crippen molar-refractivity contribution < 1.29 is 4.79 Å². The smallest absolute Gasteiger partial charge is 0.236 e. The molecule has 1 aliphatic heterocycles.